The van der Waals surface area contributed by atoms with E-state index in [4.69, 9.17) is 14.6 Å². The minimum Gasteiger partial charge on any atom is -0.442 e. The molecule has 0 aromatic heterocycles. The number of hydrogen-bond donors (Lipinski definition) is 1. The second-order valence-electron chi connectivity index (χ2n) is 4.15. The summed E-state index contributed by atoms with van der Waals surface area (Å²) in [5.74, 6) is 0.517. The van der Waals surface area contributed by atoms with E-state index >= 15 is 0 Å². The molecular formula is C10H17NO4. The van der Waals surface area contributed by atoms with Crippen LogP contribution in [0.25, 0.3) is 0 Å². The third kappa shape index (κ3) is 2.60. The van der Waals surface area contributed by atoms with E-state index in [9.17, 15) is 4.79 Å². The van der Waals surface area contributed by atoms with Gasteiger partial charge in [-0.25, -0.2) is 4.79 Å². The van der Waals surface area contributed by atoms with Gasteiger partial charge in [-0.05, 0) is 18.8 Å². The van der Waals surface area contributed by atoms with Crippen LogP contribution < -0.4 is 0 Å². The van der Waals surface area contributed by atoms with Gasteiger partial charge in [0.05, 0.1) is 13.2 Å². The summed E-state index contributed by atoms with van der Waals surface area (Å²) in [7, 11) is 0. The molecular weight excluding hydrogens is 198 g/mol. The summed E-state index contributed by atoms with van der Waals surface area (Å²) in [5, 5.41) is 8.88. The molecule has 5 nitrogen and oxygen atoms in total. The summed E-state index contributed by atoms with van der Waals surface area (Å²) in [5.41, 5.74) is 0. The van der Waals surface area contributed by atoms with Crippen molar-refractivity contribution >= 4 is 6.09 Å². The maximum absolute atomic E-state index is 11.4. The highest BCUT2D eigenvalue weighted by atomic mass is 16.6. The predicted molar refractivity (Wildman–Crippen MR) is 52.5 cm³/mol. The first-order chi connectivity index (χ1) is 7.29. The average molecular weight is 215 g/mol. The summed E-state index contributed by atoms with van der Waals surface area (Å²) in [4.78, 5) is 13.1. The van der Waals surface area contributed by atoms with Crippen molar-refractivity contribution in [1.29, 1.82) is 0 Å². The van der Waals surface area contributed by atoms with Crippen LogP contribution in [0.2, 0.25) is 0 Å². The average Bonchev–Trinajstić information content (AvgIpc) is 2.61. The van der Waals surface area contributed by atoms with Gasteiger partial charge in [0.25, 0.3) is 0 Å². The van der Waals surface area contributed by atoms with Gasteiger partial charge < -0.3 is 19.5 Å². The molecule has 2 saturated heterocycles. The fourth-order valence-corrected chi connectivity index (χ4v) is 2.06. The van der Waals surface area contributed by atoms with Crippen molar-refractivity contribution in [2.24, 2.45) is 5.92 Å². The van der Waals surface area contributed by atoms with Crippen molar-refractivity contribution in [2.75, 3.05) is 32.9 Å². The summed E-state index contributed by atoms with van der Waals surface area (Å²) in [6.07, 6.45) is 1.39. The van der Waals surface area contributed by atoms with Crippen molar-refractivity contribution in [3.05, 3.63) is 0 Å². The van der Waals surface area contributed by atoms with E-state index in [0.717, 1.165) is 32.6 Å². The summed E-state index contributed by atoms with van der Waals surface area (Å²) in [6.45, 7) is 2.75. The highest BCUT2D eigenvalue weighted by Gasteiger charge is 2.32. The second-order valence-corrected chi connectivity index (χ2v) is 4.15. The SMILES string of the molecule is O=C1O[C@@H](CO)CN1CC1CCOCC1. The van der Waals surface area contributed by atoms with Crippen LogP contribution in [0.5, 0.6) is 0 Å². The van der Waals surface area contributed by atoms with E-state index in [1.165, 1.54) is 0 Å². The first kappa shape index (κ1) is 10.7. The first-order valence-electron chi connectivity index (χ1n) is 5.43. The minimum absolute atomic E-state index is 0.0873. The molecule has 0 aromatic carbocycles. The molecule has 0 radical (unpaired) electrons. The molecule has 0 spiro atoms. The Morgan fingerprint density at radius 2 is 2.13 bits per heavy atom. The largest absolute Gasteiger partial charge is 0.442 e. The van der Waals surface area contributed by atoms with Gasteiger partial charge in [0.1, 0.15) is 6.10 Å². The number of amides is 1. The zero-order valence-corrected chi connectivity index (χ0v) is 8.72. The standard InChI is InChI=1S/C10H17NO4/c12-7-9-6-11(10(13)15-9)5-8-1-3-14-4-2-8/h8-9,12H,1-7H2/t9-/m1/s1. The van der Waals surface area contributed by atoms with Crippen LogP contribution in [0.15, 0.2) is 0 Å². The lowest BCUT2D eigenvalue weighted by molar-refractivity contribution is 0.0571. The highest BCUT2D eigenvalue weighted by Crippen LogP contribution is 2.19. The molecule has 1 atom stereocenters. The van der Waals surface area contributed by atoms with Crippen LogP contribution >= 0.6 is 0 Å². The molecule has 2 aliphatic rings. The molecule has 15 heavy (non-hydrogen) atoms. The molecule has 0 bridgehead atoms. The van der Waals surface area contributed by atoms with Crippen LogP contribution in [0.1, 0.15) is 12.8 Å². The van der Waals surface area contributed by atoms with E-state index in [2.05, 4.69) is 0 Å². The lowest BCUT2D eigenvalue weighted by atomic mass is 10.00. The molecule has 1 amide bonds. The van der Waals surface area contributed by atoms with Crippen molar-refractivity contribution in [3.8, 4) is 0 Å². The van der Waals surface area contributed by atoms with Gasteiger partial charge in [-0.1, -0.05) is 0 Å². The van der Waals surface area contributed by atoms with Gasteiger partial charge in [0, 0.05) is 19.8 Å². The second kappa shape index (κ2) is 4.81. The van der Waals surface area contributed by atoms with E-state index in [-0.39, 0.29) is 18.8 Å². The Morgan fingerprint density at radius 3 is 2.73 bits per heavy atom. The number of hydrogen-bond acceptors (Lipinski definition) is 4. The van der Waals surface area contributed by atoms with Gasteiger partial charge in [0.15, 0.2) is 0 Å². The van der Waals surface area contributed by atoms with Crippen LogP contribution in [0, 0.1) is 5.92 Å². The number of aliphatic hydroxyl groups is 1. The maximum Gasteiger partial charge on any atom is 0.410 e. The van der Waals surface area contributed by atoms with Crippen molar-refractivity contribution < 1.29 is 19.4 Å². The maximum atomic E-state index is 11.4. The van der Waals surface area contributed by atoms with Gasteiger partial charge in [-0.3, -0.25) is 0 Å². The molecule has 2 rings (SSSR count). The fraction of sp³-hybridized carbons (Fsp3) is 0.900. The Bertz CT molecular complexity index is 227. The topological polar surface area (TPSA) is 59.0 Å². The summed E-state index contributed by atoms with van der Waals surface area (Å²) >= 11 is 0. The molecule has 0 saturated carbocycles. The summed E-state index contributed by atoms with van der Waals surface area (Å²) in [6, 6.07) is 0. The fourth-order valence-electron chi connectivity index (χ4n) is 2.06. The van der Waals surface area contributed by atoms with Crippen molar-refractivity contribution in [2.45, 2.75) is 18.9 Å². The Morgan fingerprint density at radius 1 is 1.40 bits per heavy atom. The van der Waals surface area contributed by atoms with E-state index in [1.807, 2.05) is 0 Å². The number of cyclic esters (lactones) is 1. The van der Waals surface area contributed by atoms with E-state index in [1.54, 1.807) is 4.90 Å². The minimum atomic E-state index is -0.336. The molecule has 0 unspecified atom stereocenters. The molecule has 0 aromatic rings. The molecule has 2 heterocycles. The Kier molecular flexibility index (Phi) is 3.43. The molecule has 2 aliphatic heterocycles. The molecule has 2 fully saturated rings. The highest BCUT2D eigenvalue weighted by molar-refractivity contribution is 5.69. The van der Waals surface area contributed by atoms with Crippen LogP contribution in [-0.4, -0.2) is 55.1 Å². The van der Waals surface area contributed by atoms with Crippen LogP contribution in [-0.2, 0) is 9.47 Å². The predicted octanol–water partition coefficient (Wildman–Crippen LogP) is 0.226. The van der Waals surface area contributed by atoms with Crippen LogP contribution in [0.3, 0.4) is 0 Å². The lowest BCUT2D eigenvalue weighted by Crippen LogP contribution is -2.33. The molecule has 5 heteroatoms. The lowest BCUT2D eigenvalue weighted by Gasteiger charge is -2.25. The van der Waals surface area contributed by atoms with E-state index in [0.29, 0.717) is 12.5 Å². The number of rotatable bonds is 3. The number of ether oxygens (including phenoxy) is 2. The van der Waals surface area contributed by atoms with Crippen molar-refractivity contribution in [3.63, 3.8) is 0 Å². The molecule has 0 aliphatic carbocycles. The first-order valence-corrected chi connectivity index (χ1v) is 5.43. The quantitative estimate of drug-likeness (QED) is 0.732. The van der Waals surface area contributed by atoms with Crippen LogP contribution in [0.4, 0.5) is 4.79 Å². The Hall–Kier alpha value is -0.810. The zero-order chi connectivity index (χ0) is 10.7. The van der Waals surface area contributed by atoms with Gasteiger partial charge in [-0.15, -0.1) is 0 Å². The number of carbonyl (C=O) groups is 1. The van der Waals surface area contributed by atoms with Gasteiger partial charge in [0.2, 0.25) is 0 Å². The van der Waals surface area contributed by atoms with E-state index < -0.39 is 0 Å². The normalized spacial score (nSPS) is 28.2. The third-order valence-electron chi connectivity index (χ3n) is 2.97. The van der Waals surface area contributed by atoms with Gasteiger partial charge in [-0.2, -0.15) is 0 Å². The Balaban J connectivity index is 1.81. The number of nitrogens with zero attached hydrogens (tertiary/aromatic N) is 1. The zero-order valence-electron chi connectivity index (χ0n) is 8.72. The third-order valence-corrected chi connectivity index (χ3v) is 2.97. The van der Waals surface area contributed by atoms with Crippen molar-refractivity contribution in [1.82, 2.24) is 4.90 Å². The molecule has 86 valence electrons. The Labute approximate surface area is 89.0 Å². The number of aliphatic hydroxyl groups excluding tert-OH is 1. The summed E-state index contributed by atoms with van der Waals surface area (Å²) < 4.78 is 10.2. The smallest absolute Gasteiger partial charge is 0.410 e. The van der Waals surface area contributed by atoms with Gasteiger partial charge >= 0.3 is 6.09 Å². The molecule has 1 N–H and O–H groups in total. The number of carbonyl (C=O) groups excluding carboxylic acids is 1. The monoisotopic (exact) mass is 215 g/mol.